The van der Waals surface area contributed by atoms with Crippen molar-refractivity contribution in [1.82, 2.24) is 10.1 Å². The normalized spacial score (nSPS) is 13.4. The minimum Gasteiger partial charge on any atom is -0.339 e. The Labute approximate surface area is 118 Å². The molecule has 0 fully saturated rings. The van der Waals surface area contributed by atoms with Crippen molar-refractivity contribution in [3.05, 3.63) is 47.4 Å². The lowest BCUT2D eigenvalue weighted by Gasteiger charge is -2.20. The van der Waals surface area contributed by atoms with Gasteiger partial charge in [0.25, 0.3) is 0 Å². The highest BCUT2D eigenvalue weighted by atomic mass is 19.1. The number of hydrogen-bond donors (Lipinski definition) is 1. The van der Waals surface area contributed by atoms with Crippen LogP contribution in [0.1, 0.15) is 50.4 Å². The minimum atomic E-state index is -0.442. The average Bonchev–Trinajstić information content (AvgIpc) is 2.91. The van der Waals surface area contributed by atoms with Gasteiger partial charge in [-0.3, -0.25) is 0 Å². The number of halogens is 1. The standard InChI is InChI=1S/C15H20FN3O/c1-4-10(9-17)13-18-14(19-20-13)15(2,3)11-5-7-12(16)8-6-11/h5-8,10H,4,9,17H2,1-3H3. The zero-order chi connectivity index (χ0) is 14.8. The van der Waals surface area contributed by atoms with Crippen LogP contribution in [0.25, 0.3) is 0 Å². The number of hydrogen-bond acceptors (Lipinski definition) is 4. The van der Waals surface area contributed by atoms with Crippen LogP contribution in [0, 0.1) is 5.82 Å². The van der Waals surface area contributed by atoms with Crippen molar-refractivity contribution in [2.45, 2.75) is 38.5 Å². The molecule has 2 rings (SSSR count). The molecule has 2 aromatic rings. The molecule has 108 valence electrons. The Morgan fingerprint density at radius 1 is 1.30 bits per heavy atom. The van der Waals surface area contributed by atoms with Crippen LogP contribution < -0.4 is 5.73 Å². The molecule has 0 bridgehead atoms. The molecule has 1 unspecified atom stereocenters. The molecule has 0 radical (unpaired) electrons. The molecule has 0 spiro atoms. The monoisotopic (exact) mass is 277 g/mol. The predicted octanol–water partition coefficient (Wildman–Crippen LogP) is 2.99. The second kappa shape index (κ2) is 5.71. The maximum Gasteiger partial charge on any atom is 0.231 e. The van der Waals surface area contributed by atoms with E-state index in [0.717, 1.165) is 12.0 Å². The molecule has 1 heterocycles. The summed E-state index contributed by atoms with van der Waals surface area (Å²) < 4.78 is 18.3. The molecule has 0 saturated heterocycles. The lowest BCUT2D eigenvalue weighted by atomic mass is 9.84. The minimum absolute atomic E-state index is 0.0836. The second-order valence-corrected chi connectivity index (χ2v) is 5.43. The van der Waals surface area contributed by atoms with Crippen molar-refractivity contribution >= 4 is 0 Å². The first-order valence-corrected chi connectivity index (χ1v) is 6.79. The highest BCUT2D eigenvalue weighted by molar-refractivity contribution is 5.30. The third-order valence-corrected chi connectivity index (χ3v) is 3.69. The van der Waals surface area contributed by atoms with E-state index < -0.39 is 5.41 Å². The van der Waals surface area contributed by atoms with Crippen LogP contribution in [-0.4, -0.2) is 16.7 Å². The van der Waals surface area contributed by atoms with Crippen LogP contribution in [0.5, 0.6) is 0 Å². The van der Waals surface area contributed by atoms with Gasteiger partial charge in [-0.1, -0.05) is 24.2 Å². The van der Waals surface area contributed by atoms with E-state index in [1.165, 1.54) is 12.1 Å². The fourth-order valence-corrected chi connectivity index (χ4v) is 2.09. The number of nitrogens with zero attached hydrogens (tertiary/aromatic N) is 2. The Kier molecular flexibility index (Phi) is 4.18. The molecular formula is C15H20FN3O. The van der Waals surface area contributed by atoms with Gasteiger partial charge < -0.3 is 10.3 Å². The SMILES string of the molecule is CCC(CN)c1nc(C(C)(C)c2ccc(F)cc2)no1. The summed E-state index contributed by atoms with van der Waals surface area (Å²) in [7, 11) is 0. The van der Waals surface area contributed by atoms with Crippen LogP contribution in [0.3, 0.4) is 0 Å². The van der Waals surface area contributed by atoms with Gasteiger partial charge in [0.1, 0.15) is 5.82 Å². The van der Waals surface area contributed by atoms with E-state index in [9.17, 15) is 4.39 Å². The third-order valence-electron chi connectivity index (χ3n) is 3.69. The molecule has 0 amide bonds. The first-order chi connectivity index (χ1) is 9.48. The number of nitrogens with two attached hydrogens (primary N) is 1. The molecule has 4 nitrogen and oxygen atoms in total. The van der Waals surface area contributed by atoms with Gasteiger partial charge in [0, 0.05) is 6.54 Å². The van der Waals surface area contributed by atoms with Gasteiger partial charge >= 0.3 is 0 Å². The molecule has 20 heavy (non-hydrogen) atoms. The molecule has 1 aromatic carbocycles. The van der Waals surface area contributed by atoms with Gasteiger partial charge in [-0.25, -0.2) is 4.39 Å². The lowest BCUT2D eigenvalue weighted by Crippen LogP contribution is -2.21. The number of aromatic nitrogens is 2. The summed E-state index contributed by atoms with van der Waals surface area (Å²) in [5, 5.41) is 4.07. The summed E-state index contributed by atoms with van der Waals surface area (Å²) >= 11 is 0. The average molecular weight is 277 g/mol. The number of benzene rings is 1. The van der Waals surface area contributed by atoms with E-state index in [1.807, 2.05) is 20.8 Å². The molecular weight excluding hydrogens is 257 g/mol. The quantitative estimate of drug-likeness (QED) is 0.912. The van der Waals surface area contributed by atoms with Crippen LogP contribution in [0.4, 0.5) is 4.39 Å². The van der Waals surface area contributed by atoms with Crippen LogP contribution in [0.2, 0.25) is 0 Å². The molecule has 5 heteroatoms. The Hall–Kier alpha value is -1.75. The summed E-state index contributed by atoms with van der Waals surface area (Å²) in [5.74, 6) is 0.985. The maximum absolute atomic E-state index is 13.0. The molecule has 0 saturated carbocycles. The summed E-state index contributed by atoms with van der Waals surface area (Å²) in [6, 6.07) is 6.36. The fourth-order valence-electron chi connectivity index (χ4n) is 2.09. The Bertz CT molecular complexity index is 559. The van der Waals surface area contributed by atoms with Crippen molar-refractivity contribution < 1.29 is 8.91 Å². The first kappa shape index (κ1) is 14.7. The summed E-state index contributed by atoms with van der Waals surface area (Å²) in [4.78, 5) is 4.47. The van der Waals surface area contributed by atoms with E-state index >= 15 is 0 Å². The maximum atomic E-state index is 13.0. The summed E-state index contributed by atoms with van der Waals surface area (Å²) in [6.45, 7) is 6.48. The van der Waals surface area contributed by atoms with Gasteiger partial charge in [0.05, 0.1) is 11.3 Å². The highest BCUT2D eigenvalue weighted by Crippen LogP contribution is 2.30. The number of rotatable bonds is 5. The lowest BCUT2D eigenvalue weighted by molar-refractivity contribution is 0.343. The topological polar surface area (TPSA) is 64.9 Å². The van der Waals surface area contributed by atoms with Crippen molar-refractivity contribution in [2.75, 3.05) is 6.54 Å². The van der Waals surface area contributed by atoms with Crippen molar-refractivity contribution in [1.29, 1.82) is 0 Å². The van der Waals surface area contributed by atoms with E-state index in [1.54, 1.807) is 12.1 Å². The van der Waals surface area contributed by atoms with E-state index in [-0.39, 0.29) is 11.7 Å². The van der Waals surface area contributed by atoms with Gasteiger partial charge in [-0.2, -0.15) is 4.98 Å². The fraction of sp³-hybridized carbons (Fsp3) is 0.467. The smallest absolute Gasteiger partial charge is 0.231 e. The molecule has 1 atom stereocenters. The van der Waals surface area contributed by atoms with Crippen LogP contribution >= 0.6 is 0 Å². The Morgan fingerprint density at radius 3 is 2.50 bits per heavy atom. The van der Waals surface area contributed by atoms with Crippen molar-refractivity contribution in [2.24, 2.45) is 5.73 Å². The van der Waals surface area contributed by atoms with Gasteiger partial charge in [-0.05, 0) is 38.0 Å². The molecule has 0 aliphatic carbocycles. The first-order valence-electron chi connectivity index (χ1n) is 6.79. The zero-order valence-corrected chi connectivity index (χ0v) is 12.1. The third kappa shape index (κ3) is 2.72. The summed E-state index contributed by atoms with van der Waals surface area (Å²) in [6.07, 6.45) is 0.856. The van der Waals surface area contributed by atoms with E-state index in [0.29, 0.717) is 18.3 Å². The van der Waals surface area contributed by atoms with E-state index in [4.69, 9.17) is 10.3 Å². The highest BCUT2D eigenvalue weighted by Gasteiger charge is 2.30. The van der Waals surface area contributed by atoms with Gasteiger partial charge in [-0.15, -0.1) is 0 Å². The van der Waals surface area contributed by atoms with Gasteiger partial charge in [0.15, 0.2) is 5.82 Å². The van der Waals surface area contributed by atoms with E-state index in [2.05, 4.69) is 10.1 Å². The molecule has 0 aliphatic heterocycles. The molecule has 2 N–H and O–H groups in total. The predicted molar refractivity (Wildman–Crippen MR) is 74.9 cm³/mol. The van der Waals surface area contributed by atoms with Crippen LogP contribution in [-0.2, 0) is 5.41 Å². The Balaban J connectivity index is 2.32. The Morgan fingerprint density at radius 2 is 1.95 bits per heavy atom. The largest absolute Gasteiger partial charge is 0.339 e. The molecule has 1 aromatic heterocycles. The van der Waals surface area contributed by atoms with Crippen LogP contribution in [0.15, 0.2) is 28.8 Å². The van der Waals surface area contributed by atoms with Crippen molar-refractivity contribution in [3.8, 4) is 0 Å². The van der Waals surface area contributed by atoms with Crippen molar-refractivity contribution in [3.63, 3.8) is 0 Å². The molecule has 0 aliphatic rings. The summed E-state index contributed by atoms with van der Waals surface area (Å²) in [5.41, 5.74) is 6.19. The van der Waals surface area contributed by atoms with Gasteiger partial charge in [0.2, 0.25) is 5.89 Å². The zero-order valence-electron chi connectivity index (χ0n) is 12.1. The second-order valence-electron chi connectivity index (χ2n) is 5.43.